The zero-order valence-corrected chi connectivity index (χ0v) is 18.6. The van der Waals surface area contributed by atoms with Gasteiger partial charge >= 0.3 is 6.09 Å². The fourth-order valence-corrected chi connectivity index (χ4v) is 4.80. The number of methoxy groups -OCH3 is 1. The number of likely N-dealkylation sites (tertiary alicyclic amines) is 1. The highest BCUT2D eigenvalue weighted by Crippen LogP contribution is 2.34. The van der Waals surface area contributed by atoms with Gasteiger partial charge in [-0.3, -0.25) is 9.69 Å². The summed E-state index contributed by atoms with van der Waals surface area (Å²) in [5, 5.41) is 3.96. The lowest BCUT2D eigenvalue weighted by Crippen LogP contribution is -2.37. The molecule has 4 rings (SSSR count). The van der Waals surface area contributed by atoms with Gasteiger partial charge in [-0.1, -0.05) is 6.07 Å². The van der Waals surface area contributed by atoms with Crippen LogP contribution in [0.15, 0.2) is 46.3 Å². The number of ether oxygens (including phenoxy) is 2. The van der Waals surface area contributed by atoms with Crippen molar-refractivity contribution in [3.63, 3.8) is 0 Å². The lowest BCUT2D eigenvalue weighted by atomic mass is 9.98. The molecule has 0 unspecified atom stereocenters. The number of hydrazone groups is 1. The zero-order valence-electron chi connectivity index (χ0n) is 18.6. The molecule has 32 heavy (non-hydrogen) atoms. The van der Waals surface area contributed by atoms with E-state index in [1.807, 2.05) is 28.8 Å². The van der Waals surface area contributed by atoms with E-state index in [1.165, 1.54) is 0 Å². The highest BCUT2D eigenvalue weighted by molar-refractivity contribution is 5.81. The third-order valence-corrected chi connectivity index (χ3v) is 6.20. The molecule has 2 bridgehead atoms. The highest BCUT2D eigenvalue weighted by atomic mass is 16.5. The van der Waals surface area contributed by atoms with E-state index in [2.05, 4.69) is 21.5 Å². The molecule has 0 aliphatic carbocycles. The van der Waals surface area contributed by atoms with E-state index in [9.17, 15) is 9.59 Å². The van der Waals surface area contributed by atoms with Crippen LogP contribution in [0, 0.1) is 5.92 Å². The molecule has 1 amide bonds. The molecule has 0 radical (unpaired) electrons. The van der Waals surface area contributed by atoms with Crippen LogP contribution in [-0.4, -0.2) is 48.6 Å². The maximum Gasteiger partial charge on any atom is 0.427 e. The summed E-state index contributed by atoms with van der Waals surface area (Å²) in [5.41, 5.74) is 5.55. The molecule has 0 spiro atoms. The van der Waals surface area contributed by atoms with Crippen molar-refractivity contribution in [2.45, 2.75) is 38.8 Å². The van der Waals surface area contributed by atoms with Crippen molar-refractivity contribution in [2.75, 3.05) is 26.8 Å². The van der Waals surface area contributed by atoms with Crippen LogP contribution in [0.5, 0.6) is 5.75 Å². The molecule has 1 N–H and O–H groups in total. The molecule has 2 aromatic rings. The minimum absolute atomic E-state index is 0.109. The maximum atomic E-state index is 12.4. The topological polar surface area (TPSA) is 85.2 Å². The number of hydrogen-bond donors (Lipinski definition) is 1. The van der Waals surface area contributed by atoms with Gasteiger partial charge in [-0.05, 0) is 55.5 Å². The van der Waals surface area contributed by atoms with Crippen molar-refractivity contribution in [2.24, 2.45) is 11.0 Å². The van der Waals surface area contributed by atoms with Crippen molar-refractivity contribution < 1.29 is 14.3 Å². The molecular weight excluding hydrogens is 408 g/mol. The van der Waals surface area contributed by atoms with Gasteiger partial charge in [0.2, 0.25) is 0 Å². The summed E-state index contributed by atoms with van der Waals surface area (Å²) in [5.74, 6) is 1.62. The van der Waals surface area contributed by atoms with Gasteiger partial charge in [-0.2, -0.15) is 5.10 Å². The van der Waals surface area contributed by atoms with Gasteiger partial charge in [-0.15, -0.1) is 0 Å². The fraction of sp³-hybridized carbons (Fsp3) is 0.458. The quantitative estimate of drug-likeness (QED) is 0.554. The fourth-order valence-electron chi connectivity index (χ4n) is 4.80. The molecule has 0 saturated carbocycles. The second-order valence-electron chi connectivity index (χ2n) is 8.40. The molecular formula is C24H30N4O4. The summed E-state index contributed by atoms with van der Waals surface area (Å²) >= 11 is 0. The van der Waals surface area contributed by atoms with E-state index < -0.39 is 6.09 Å². The number of carbonyl (C=O) groups is 1. The van der Waals surface area contributed by atoms with Gasteiger partial charge < -0.3 is 14.0 Å². The monoisotopic (exact) mass is 438 g/mol. The first-order valence-electron chi connectivity index (χ1n) is 11.1. The molecule has 1 aromatic carbocycles. The number of rotatable bonds is 6. The molecule has 8 nitrogen and oxygen atoms in total. The molecule has 1 saturated heterocycles. The minimum Gasteiger partial charge on any atom is -0.496 e. The van der Waals surface area contributed by atoms with Gasteiger partial charge in [0.05, 0.1) is 19.9 Å². The van der Waals surface area contributed by atoms with Crippen molar-refractivity contribution in [3.05, 3.63) is 63.6 Å². The van der Waals surface area contributed by atoms with Gasteiger partial charge in [0.25, 0.3) is 5.56 Å². The van der Waals surface area contributed by atoms with Crippen molar-refractivity contribution in [1.82, 2.24) is 14.9 Å². The van der Waals surface area contributed by atoms with Crippen LogP contribution in [0.3, 0.4) is 0 Å². The van der Waals surface area contributed by atoms with E-state index in [-0.39, 0.29) is 5.56 Å². The van der Waals surface area contributed by atoms with Crippen LogP contribution in [-0.2, 0) is 17.8 Å². The lowest BCUT2D eigenvalue weighted by molar-refractivity contribution is 0.152. The third kappa shape index (κ3) is 5.02. The van der Waals surface area contributed by atoms with Gasteiger partial charge in [0.1, 0.15) is 5.75 Å². The molecule has 170 valence electrons. The number of nitrogens with one attached hydrogen (secondary N) is 1. The van der Waals surface area contributed by atoms with Crippen molar-refractivity contribution in [3.8, 4) is 5.75 Å². The highest BCUT2D eigenvalue weighted by Gasteiger charge is 2.31. The average Bonchev–Trinajstić information content (AvgIpc) is 3.07. The van der Waals surface area contributed by atoms with E-state index in [4.69, 9.17) is 9.47 Å². The predicted molar refractivity (Wildman–Crippen MR) is 122 cm³/mol. The smallest absolute Gasteiger partial charge is 0.427 e. The summed E-state index contributed by atoms with van der Waals surface area (Å²) < 4.78 is 12.4. The second kappa shape index (κ2) is 9.99. The molecule has 2 aliphatic heterocycles. The molecule has 1 fully saturated rings. The molecule has 1 aromatic heterocycles. The van der Waals surface area contributed by atoms with Crippen LogP contribution in [0.25, 0.3) is 0 Å². The lowest BCUT2D eigenvalue weighted by Gasteiger charge is -2.31. The normalized spacial score (nSPS) is 20.4. The largest absolute Gasteiger partial charge is 0.496 e. The van der Waals surface area contributed by atoms with Crippen LogP contribution < -0.4 is 15.7 Å². The van der Waals surface area contributed by atoms with Gasteiger partial charge in [0, 0.05) is 49.4 Å². The van der Waals surface area contributed by atoms with Crippen molar-refractivity contribution >= 4 is 12.3 Å². The standard InChI is InChI=1S/C24H30N4O4/c1-3-32-24(30)26-25-12-17-8-10-22(31-2)20(11-17)16-27-13-18-7-9-19(15-27)21-5-4-6-23(29)28(21)14-18/h4-6,8,10-12,18-19H,3,7,9,13-16H2,1-2H3,(H,26,30)/b25-12+/t18-,19-/m0/s1. The Bertz CT molecular complexity index is 1050. The Morgan fingerprint density at radius 1 is 1.22 bits per heavy atom. The summed E-state index contributed by atoms with van der Waals surface area (Å²) in [6.07, 6.45) is 3.26. The number of nitrogens with zero attached hydrogens (tertiary/aromatic N) is 3. The minimum atomic E-state index is -0.576. The third-order valence-electron chi connectivity index (χ3n) is 6.20. The SMILES string of the molecule is CCOC(=O)N/N=C/c1ccc(OC)c(CN2C[C@@H]3CC[C@@H](C2)c2cccc(=O)n2C3)c1. The zero-order chi connectivity index (χ0) is 22.5. The molecule has 2 aliphatic rings. The summed E-state index contributed by atoms with van der Waals surface area (Å²) in [7, 11) is 1.68. The number of aromatic nitrogens is 1. The van der Waals surface area contributed by atoms with Crippen LogP contribution >= 0.6 is 0 Å². The number of fused-ring (bicyclic) bond motifs is 5. The summed E-state index contributed by atoms with van der Waals surface area (Å²) in [4.78, 5) is 26.3. The van der Waals surface area contributed by atoms with Gasteiger partial charge in [-0.25, -0.2) is 10.2 Å². The molecule has 8 heteroatoms. The number of amides is 1. The Morgan fingerprint density at radius 3 is 2.91 bits per heavy atom. The molecule has 2 atom stereocenters. The Morgan fingerprint density at radius 2 is 2.09 bits per heavy atom. The Hall–Kier alpha value is -3.13. The number of carbonyl (C=O) groups excluding carboxylic acids is 1. The Balaban J connectivity index is 1.52. The first-order valence-corrected chi connectivity index (χ1v) is 11.1. The van der Waals surface area contributed by atoms with E-state index in [0.717, 1.165) is 61.6 Å². The van der Waals surface area contributed by atoms with E-state index in [1.54, 1.807) is 26.3 Å². The first-order chi connectivity index (χ1) is 15.6. The van der Waals surface area contributed by atoms with Crippen molar-refractivity contribution in [1.29, 1.82) is 0 Å². The Labute approximate surface area is 187 Å². The van der Waals surface area contributed by atoms with E-state index in [0.29, 0.717) is 18.4 Å². The average molecular weight is 439 g/mol. The van der Waals surface area contributed by atoms with E-state index >= 15 is 0 Å². The van der Waals surface area contributed by atoms with Gasteiger partial charge in [0.15, 0.2) is 0 Å². The first kappa shape index (κ1) is 22.1. The van der Waals surface area contributed by atoms with Crippen LogP contribution in [0.2, 0.25) is 0 Å². The number of hydrogen-bond acceptors (Lipinski definition) is 6. The maximum absolute atomic E-state index is 12.4. The number of benzene rings is 1. The molecule has 3 heterocycles. The Kier molecular flexibility index (Phi) is 6.90. The summed E-state index contributed by atoms with van der Waals surface area (Å²) in [6, 6.07) is 11.5. The van der Waals surface area contributed by atoms with Crippen LogP contribution in [0.1, 0.15) is 42.5 Å². The second-order valence-corrected chi connectivity index (χ2v) is 8.40. The van der Waals surface area contributed by atoms with Crippen LogP contribution in [0.4, 0.5) is 4.79 Å². The number of pyridine rings is 1. The summed E-state index contributed by atoms with van der Waals surface area (Å²) in [6.45, 7) is 5.43. The predicted octanol–water partition coefficient (Wildman–Crippen LogP) is 2.95.